The summed E-state index contributed by atoms with van der Waals surface area (Å²) in [6, 6.07) is 4.94. The van der Waals surface area contributed by atoms with Gasteiger partial charge < -0.3 is 19.7 Å². The van der Waals surface area contributed by atoms with Gasteiger partial charge in [0.25, 0.3) is 0 Å². The second-order valence-corrected chi connectivity index (χ2v) is 6.39. The minimum atomic E-state index is 0.278. The first kappa shape index (κ1) is 14.7. The number of likely N-dealkylation sites (N-methyl/N-ethyl adjacent to an activating group) is 1. The van der Waals surface area contributed by atoms with Crippen LogP contribution in [-0.4, -0.2) is 44.3 Å². The van der Waals surface area contributed by atoms with Gasteiger partial charge in [0.15, 0.2) is 0 Å². The average Bonchev–Trinajstić information content (AvgIpc) is 3.05. The quantitative estimate of drug-likeness (QED) is 0.901. The van der Waals surface area contributed by atoms with Gasteiger partial charge in [-0.1, -0.05) is 0 Å². The Kier molecular flexibility index (Phi) is 4.36. The molecule has 0 bridgehead atoms. The lowest BCUT2D eigenvalue weighted by molar-refractivity contribution is 0.253. The normalized spacial score (nSPS) is 24.2. The van der Waals surface area contributed by atoms with Crippen LogP contribution in [0.25, 0.3) is 0 Å². The predicted molar refractivity (Wildman–Crippen MR) is 84.1 cm³/mol. The molecule has 1 aromatic carbocycles. The van der Waals surface area contributed by atoms with Crippen molar-refractivity contribution in [3.05, 3.63) is 23.3 Å². The SMILES string of the molecule is COc1cc2c(cc1CN(C)CC1CCCN1)OC(C)C2. The second kappa shape index (κ2) is 6.24. The van der Waals surface area contributed by atoms with Gasteiger partial charge in [0.1, 0.15) is 17.6 Å². The van der Waals surface area contributed by atoms with E-state index in [1.165, 1.54) is 24.0 Å². The number of benzene rings is 1. The number of hydrogen-bond acceptors (Lipinski definition) is 4. The van der Waals surface area contributed by atoms with Gasteiger partial charge in [-0.2, -0.15) is 0 Å². The van der Waals surface area contributed by atoms with Gasteiger partial charge in [0.05, 0.1) is 7.11 Å². The molecule has 21 heavy (non-hydrogen) atoms. The van der Waals surface area contributed by atoms with Crippen molar-refractivity contribution in [2.24, 2.45) is 0 Å². The van der Waals surface area contributed by atoms with Crippen LogP contribution in [0, 0.1) is 0 Å². The summed E-state index contributed by atoms with van der Waals surface area (Å²) in [6.07, 6.45) is 3.84. The average molecular weight is 290 g/mol. The summed E-state index contributed by atoms with van der Waals surface area (Å²) < 4.78 is 11.5. The topological polar surface area (TPSA) is 33.7 Å². The Morgan fingerprint density at radius 1 is 1.43 bits per heavy atom. The number of nitrogens with zero attached hydrogens (tertiary/aromatic N) is 1. The highest BCUT2D eigenvalue weighted by atomic mass is 16.5. The van der Waals surface area contributed by atoms with Crippen LogP contribution >= 0.6 is 0 Å². The molecule has 0 aromatic heterocycles. The highest BCUT2D eigenvalue weighted by Gasteiger charge is 2.23. The summed E-state index contributed by atoms with van der Waals surface area (Å²) in [6.45, 7) is 5.25. The van der Waals surface area contributed by atoms with Crippen LogP contribution in [0.2, 0.25) is 0 Å². The molecule has 4 heteroatoms. The molecule has 2 heterocycles. The van der Waals surface area contributed by atoms with Gasteiger partial charge in [-0.25, -0.2) is 0 Å². The number of rotatable bonds is 5. The van der Waals surface area contributed by atoms with Crippen LogP contribution in [0.15, 0.2) is 12.1 Å². The van der Waals surface area contributed by atoms with Crippen LogP contribution in [0.4, 0.5) is 0 Å². The molecule has 1 fully saturated rings. The Hall–Kier alpha value is -1.26. The van der Waals surface area contributed by atoms with Crippen molar-refractivity contribution in [2.45, 2.75) is 44.9 Å². The van der Waals surface area contributed by atoms with E-state index in [1.54, 1.807) is 7.11 Å². The summed E-state index contributed by atoms with van der Waals surface area (Å²) >= 11 is 0. The van der Waals surface area contributed by atoms with E-state index in [4.69, 9.17) is 9.47 Å². The molecular weight excluding hydrogens is 264 g/mol. The van der Waals surface area contributed by atoms with Gasteiger partial charge in [-0.05, 0) is 45.5 Å². The molecule has 0 aliphatic carbocycles. The molecule has 0 saturated carbocycles. The third-order valence-corrected chi connectivity index (χ3v) is 4.43. The van der Waals surface area contributed by atoms with E-state index in [0.717, 1.165) is 37.6 Å². The van der Waals surface area contributed by atoms with Crippen molar-refractivity contribution in [3.63, 3.8) is 0 Å². The van der Waals surface area contributed by atoms with E-state index in [0.29, 0.717) is 6.04 Å². The van der Waals surface area contributed by atoms with Crippen molar-refractivity contribution in [1.82, 2.24) is 10.2 Å². The van der Waals surface area contributed by atoms with E-state index >= 15 is 0 Å². The molecule has 2 atom stereocenters. The van der Waals surface area contributed by atoms with Crippen molar-refractivity contribution in [3.8, 4) is 11.5 Å². The van der Waals surface area contributed by atoms with Crippen molar-refractivity contribution in [1.29, 1.82) is 0 Å². The Bertz CT molecular complexity index is 498. The molecule has 2 aliphatic heterocycles. The van der Waals surface area contributed by atoms with E-state index in [2.05, 4.69) is 36.3 Å². The van der Waals surface area contributed by atoms with E-state index in [9.17, 15) is 0 Å². The molecule has 2 unspecified atom stereocenters. The van der Waals surface area contributed by atoms with E-state index in [-0.39, 0.29) is 6.10 Å². The summed E-state index contributed by atoms with van der Waals surface area (Å²) in [5.41, 5.74) is 2.48. The first-order chi connectivity index (χ1) is 10.2. The van der Waals surface area contributed by atoms with Crippen molar-refractivity contribution >= 4 is 0 Å². The number of fused-ring (bicyclic) bond motifs is 1. The minimum Gasteiger partial charge on any atom is -0.496 e. The third-order valence-electron chi connectivity index (χ3n) is 4.43. The van der Waals surface area contributed by atoms with Gasteiger partial charge >= 0.3 is 0 Å². The smallest absolute Gasteiger partial charge is 0.123 e. The predicted octanol–water partition coefficient (Wildman–Crippen LogP) is 2.20. The maximum atomic E-state index is 5.88. The lowest BCUT2D eigenvalue weighted by Crippen LogP contribution is -2.35. The van der Waals surface area contributed by atoms with E-state index in [1.807, 2.05) is 0 Å². The fourth-order valence-electron chi connectivity index (χ4n) is 3.44. The monoisotopic (exact) mass is 290 g/mol. The van der Waals surface area contributed by atoms with Crippen LogP contribution in [0.1, 0.15) is 30.9 Å². The molecule has 4 nitrogen and oxygen atoms in total. The Morgan fingerprint density at radius 2 is 2.29 bits per heavy atom. The Labute approximate surface area is 127 Å². The summed E-state index contributed by atoms with van der Waals surface area (Å²) in [5, 5.41) is 3.55. The molecule has 0 amide bonds. The highest BCUT2D eigenvalue weighted by Crippen LogP contribution is 2.35. The van der Waals surface area contributed by atoms with Gasteiger partial charge in [0, 0.05) is 36.7 Å². The standard InChI is InChI=1S/C17H26N2O2/c1-12-7-13-8-16(20-3)14(9-17(13)21-12)10-19(2)11-15-5-4-6-18-15/h8-9,12,15,18H,4-7,10-11H2,1-3H3. The van der Waals surface area contributed by atoms with Crippen molar-refractivity contribution in [2.75, 3.05) is 27.2 Å². The highest BCUT2D eigenvalue weighted by molar-refractivity contribution is 5.48. The van der Waals surface area contributed by atoms with Gasteiger partial charge in [-0.15, -0.1) is 0 Å². The Morgan fingerprint density at radius 3 is 3.00 bits per heavy atom. The molecule has 1 N–H and O–H groups in total. The summed E-state index contributed by atoms with van der Waals surface area (Å²) in [5.74, 6) is 2.02. The molecule has 1 aromatic rings. The minimum absolute atomic E-state index is 0.278. The van der Waals surface area contributed by atoms with Gasteiger partial charge in [-0.3, -0.25) is 0 Å². The number of methoxy groups -OCH3 is 1. The largest absolute Gasteiger partial charge is 0.496 e. The number of hydrogen-bond donors (Lipinski definition) is 1. The fourth-order valence-corrected chi connectivity index (χ4v) is 3.44. The lowest BCUT2D eigenvalue weighted by Gasteiger charge is -2.22. The lowest BCUT2D eigenvalue weighted by atomic mass is 10.1. The maximum absolute atomic E-state index is 5.88. The van der Waals surface area contributed by atoms with Crippen LogP contribution in [0.3, 0.4) is 0 Å². The zero-order valence-corrected chi connectivity index (χ0v) is 13.3. The first-order valence-corrected chi connectivity index (χ1v) is 7.94. The van der Waals surface area contributed by atoms with Crippen LogP contribution in [-0.2, 0) is 13.0 Å². The molecular formula is C17H26N2O2. The van der Waals surface area contributed by atoms with E-state index < -0.39 is 0 Å². The number of ether oxygens (including phenoxy) is 2. The third kappa shape index (κ3) is 3.33. The van der Waals surface area contributed by atoms with Crippen LogP contribution < -0.4 is 14.8 Å². The van der Waals surface area contributed by atoms with Gasteiger partial charge in [0.2, 0.25) is 0 Å². The zero-order chi connectivity index (χ0) is 14.8. The zero-order valence-electron chi connectivity index (χ0n) is 13.3. The molecule has 2 aliphatic rings. The maximum Gasteiger partial charge on any atom is 0.123 e. The fraction of sp³-hybridized carbons (Fsp3) is 0.647. The van der Waals surface area contributed by atoms with Crippen LogP contribution in [0.5, 0.6) is 11.5 Å². The molecule has 0 spiro atoms. The summed E-state index contributed by atoms with van der Waals surface area (Å²) in [7, 11) is 3.93. The molecule has 1 saturated heterocycles. The van der Waals surface area contributed by atoms with Crippen molar-refractivity contribution < 1.29 is 9.47 Å². The summed E-state index contributed by atoms with van der Waals surface area (Å²) in [4.78, 5) is 2.37. The number of nitrogens with one attached hydrogen (secondary N) is 1. The first-order valence-electron chi connectivity index (χ1n) is 7.94. The molecule has 3 rings (SSSR count). The molecule has 0 radical (unpaired) electrons. The Balaban J connectivity index is 1.70. The molecule has 116 valence electrons. The second-order valence-electron chi connectivity index (χ2n) is 6.39.